The van der Waals surface area contributed by atoms with E-state index >= 15 is 0 Å². The lowest BCUT2D eigenvalue weighted by Crippen LogP contribution is -2.45. The summed E-state index contributed by atoms with van der Waals surface area (Å²) in [5.41, 5.74) is 77.8. The molecule has 0 spiro atoms. The summed E-state index contributed by atoms with van der Waals surface area (Å²) in [5, 5.41) is 19.9. The summed E-state index contributed by atoms with van der Waals surface area (Å²) < 4.78 is 5.68. The molecular weight excluding hydrogens is 1710 g/mol. The highest BCUT2D eigenvalue weighted by molar-refractivity contribution is 6.03. The number of aryl methyl sites for hydroxylation is 4. The quantitative estimate of drug-likeness (QED) is 0.0178. The van der Waals surface area contributed by atoms with Crippen LogP contribution < -0.4 is 82.9 Å². The Bertz CT molecular complexity index is 6550. The van der Waals surface area contributed by atoms with Gasteiger partial charge >= 0.3 is 0 Å². The van der Waals surface area contributed by atoms with Crippen molar-refractivity contribution in [3.05, 3.63) is 293 Å². The largest absolute Gasteiger partial charge is 0.493 e. The van der Waals surface area contributed by atoms with E-state index in [0.29, 0.717) is 85.5 Å². The number of H-pyrrole nitrogens is 5. The van der Waals surface area contributed by atoms with Crippen molar-refractivity contribution in [2.75, 3.05) is 59.0 Å². The monoisotopic (exact) mass is 1840 g/mol. The number of nitrogens with one attached hydrogen (secondary N) is 10. The number of hydrogen-bond donors (Lipinski definition) is 19. The number of carbonyl (C=O) groups is 5. The second-order valence-corrected chi connectivity index (χ2v) is 37.5. The standard InChI is InChI=1S/C24H30N4O.C23H27N3O.C22H26N4O2.C22H28N4O.C21H26N4O/c1-15-2-4-16(5-3-15)18-8-9-19-13-23(28-22(19)12-18)24(29)27-14-20(25)10-11-21(26)17-6-7-17;1-15-2-6-18(7-3-15)19-8-9-20-12-22(26-21(20)11-19)23(27)25-14-17-5-4-16(10-17)13-24;23-8-1-2-18(24)13-25-22(27)20-11-17-6-5-15(10-19(17)26-20)16-4-3-14-7-9-28-21(14)12-16;1-14-5-7-16(8-6-14)17-9-10-18-13-21(26-20(18)12-17)22(27)25-15(2)19(24)4-3-11-23;1-14-4-6-15(7-5-14)16-8-9-19-17(11-16)12-20(25-19)21(26)24-13-18(23)3-2-10-22/h2-5,8-9,12-13,17,20-21,28H,6-7,10-11,14,25-26H2,1H3,(H,27,29);2-3,6-9,11-12,16-17,26H,4-5,10,13-14,24H2,1H3,(H,25,27);3-6,10-12,18,26H,1-2,7-9,13,23-24H2,(H,25,27);5-10,12-13,15,19,26H,3-4,11,23-24H2,1-2H3,(H,25,27);4-9,11-12,18,25H,2-3,10,13,22-23H2,1H3,(H,24,26)/t20-,21?;16-,17+;18-;15?,19-;18-/m01101/s1. The van der Waals surface area contributed by atoms with E-state index in [1.165, 1.54) is 52.6 Å². The third-order valence-corrected chi connectivity index (χ3v) is 26.4. The summed E-state index contributed by atoms with van der Waals surface area (Å²) in [6, 6.07) is 80.4. The highest BCUT2D eigenvalue weighted by Gasteiger charge is 2.29. The van der Waals surface area contributed by atoms with Crippen LogP contribution in [0, 0.1) is 45.4 Å². The normalized spacial score (nSPS) is 15.1. The number of hydrogen-bond acceptors (Lipinski definition) is 15. The summed E-state index contributed by atoms with van der Waals surface area (Å²) in [6.45, 7) is 15.7. The average molecular weight is 1850 g/mol. The number of aromatic amines is 5. The van der Waals surface area contributed by atoms with Crippen molar-refractivity contribution < 1.29 is 28.7 Å². The highest BCUT2D eigenvalue weighted by Crippen LogP contribution is 2.37. The van der Waals surface area contributed by atoms with Crippen LogP contribution in [0.15, 0.2) is 237 Å². The SMILES string of the molecule is Cc1ccc(-c2ccc3[nH]c(C(=O)NC[C@H](N)CCCN)cc3c2)cc1.Cc1ccc(-c2ccc3cc(C(=O)NC(C)[C@@H](N)CCCN)[nH]c3c2)cc1.Cc1ccc(-c2ccc3cc(C(=O)NC[C@@H](N)CCC(N)C4CC4)[nH]c3c2)cc1.Cc1ccc(-c2ccc3cc(C(=O)NC[C@H]4CC[C@@H](CN)C4)[nH]c3c2)cc1.NCCC[C@@H](N)CNC(=O)c1cc2ccc(-c3ccc4c(c3)OCC4)cc2[nH]1. The first-order valence-electron chi connectivity index (χ1n) is 48.5. The maximum absolute atomic E-state index is 12.6. The van der Waals surface area contributed by atoms with Crippen molar-refractivity contribution in [2.24, 2.45) is 69.4 Å². The van der Waals surface area contributed by atoms with E-state index in [2.05, 4.69) is 261 Å². The first-order chi connectivity index (χ1) is 66.3. The topological polar surface area (TPSA) is 468 Å². The fraction of sp³-hybridized carbons (Fsp3) is 0.330. The molecular formula is C112H137N19O6. The van der Waals surface area contributed by atoms with Crippen LogP contribution in [0.25, 0.3) is 110 Å². The van der Waals surface area contributed by atoms with E-state index in [4.69, 9.17) is 56.3 Å². The Hall–Kier alpha value is -13.3. The van der Waals surface area contributed by atoms with Gasteiger partial charge in [-0.1, -0.05) is 186 Å². The van der Waals surface area contributed by atoms with Gasteiger partial charge in [-0.3, -0.25) is 24.0 Å². The van der Waals surface area contributed by atoms with E-state index in [1.54, 1.807) is 0 Å². The van der Waals surface area contributed by atoms with E-state index in [-0.39, 0.29) is 65.8 Å². The van der Waals surface area contributed by atoms with Crippen LogP contribution in [-0.2, 0) is 6.42 Å². The van der Waals surface area contributed by atoms with E-state index < -0.39 is 0 Å². The van der Waals surface area contributed by atoms with Gasteiger partial charge in [0.25, 0.3) is 29.5 Å². The second kappa shape index (κ2) is 47.9. The molecule has 3 aliphatic rings. The van der Waals surface area contributed by atoms with Gasteiger partial charge in [0.05, 0.1) is 6.61 Å². The van der Waals surface area contributed by atoms with Gasteiger partial charge in [-0.25, -0.2) is 0 Å². The molecule has 0 radical (unpaired) electrons. The molecule has 716 valence electrons. The maximum atomic E-state index is 12.6. The minimum absolute atomic E-state index is 0.0284. The van der Waals surface area contributed by atoms with Gasteiger partial charge in [0.1, 0.15) is 34.2 Å². The number of carbonyl (C=O) groups excluding carboxylic acids is 5. The van der Waals surface area contributed by atoms with Crippen molar-refractivity contribution in [3.63, 3.8) is 0 Å². The molecule has 2 fully saturated rings. The van der Waals surface area contributed by atoms with Crippen LogP contribution in [0.1, 0.15) is 171 Å². The second-order valence-electron chi connectivity index (χ2n) is 37.5. The average Bonchev–Trinajstić information content (AvgIpc) is 1.61. The number of benzene rings is 10. The molecule has 0 bridgehead atoms. The molecule has 15 aromatic rings. The van der Waals surface area contributed by atoms with E-state index in [1.807, 2.05) is 61.5 Å². The Morgan fingerprint density at radius 1 is 0.350 bits per heavy atom. The van der Waals surface area contributed by atoms with Crippen molar-refractivity contribution in [3.8, 4) is 61.4 Å². The van der Waals surface area contributed by atoms with Crippen LogP contribution in [-0.4, -0.2) is 150 Å². The first kappa shape index (κ1) is 99.7. The van der Waals surface area contributed by atoms with Crippen LogP contribution in [0.5, 0.6) is 5.75 Å². The van der Waals surface area contributed by atoms with Crippen LogP contribution in [0.4, 0.5) is 0 Å². The summed E-state index contributed by atoms with van der Waals surface area (Å²) in [4.78, 5) is 78.6. The van der Waals surface area contributed by atoms with Gasteiger partial charge in [-0.15, -0.1) is 0 Å². The molecule has 2 saturated carbocycles. The fourth-order valence-electron chi connectivity index (χ4n) is 17.6. The summed E-state index contributed by atoms with van der Waals surface area (Å²) in [7, 11) is 0. The van der Waals surface area contributed by atoms with Crippen molar-refractivity contribution in [2.45, 2.75) is 161 Å². The highest BCUT2D eigenvalue weighted by atomic mass is 16.5. The van der Waals surface area contributed by atoms with Gasteiger partial charge in [-0.05, 0) is 296 Å². The molecule has 137 heavy (non-hydrogen) atoms. The van der Waals surface area contributed by atoms with E-state index in [0.717, 1.165) is 201 Å². The van der Waals surface area contributed by atoms with Gasteiger partial charge in [-0.2, -0.15) is 0 Å². The third kappa shape index (κ3) is 27.8. The Kier molecular flexibility index (Phi) is 34.9. The zero-order valence-corrected chi connectivity index (χ0v) is 79.6. The molecule has 10 aromatic carbocycles. The molecule has 28 N–H and O–H groups in total. The zero-order valence-electron chi connectivity index (χ0n) is 79.6. The smallest absolute Gasteiger partial charge is 0.267 e. The molecule has 25 heteroatoms. The van der Waals surface area contributed by atoms with Gasteiger partial charge < -0.3 is 108 Å². The van der Waals surface area contributed by atoms with Crippen molar-refractivity contribution in [1.82, 2.24) is 51.5 Å². The van der Waals surface area contributed by atoms with Crippen molar-refractivity contribution >= 4 is 84.1 Å². The molecule has 2 aliphatic carbocycles. The van der Waals surface area contributed by atoms with Crippen LogP contribution in [0.3, 0.4) is 0 Å². The van der Waals surface area contributed by atoms with Gasteiger partial charge in [0.15, 0.2) is 0 Å². The molecule has 8 atom stereocenters. The Morgan fingerprint density at radius 3 is 1.10 bits per heavy atom. The molecule has 1 aliphatic heterocycles. The number of amides is 5. The number of aromatic nitrogens is 5. The predicted octanol–water partition coefficient (Wildman–Crippen LogP) is 16.8. The maximum Gasteiger partial charge on any atom is 0.267 e. The van der Waals surface area contributed by atoms with E-state index in [9.17, 15) is 24.0 Å². The number of fused-ring (bicyclic) bond motifs is 6. The van der Waals surface area contributed by atoms with Crippen LogP contribution >= 0.6 is 0 Å². The Morgan fingerprint density at radius 2 is 0.693 bits per heavy atom. The first-order valence-corrected chi connectivity index (χ1v) is 48.5. The molecule has 6 heterocycles. The zero-order chi connectivity index (χ0) is 96.6. The summed E-state index contributed by atoms with van der Waals surface area (Å²) in [5.74, 6) is 2.26. The molecule has 25 nitrogen and oxygen atoms in total. The lowest BCUT2D eigenvalue weighted by Gasteiger charge is -2.20. The van der Waals surface area contributed by atoms with Crippen LogP contribution in [0.2, 0.25) is 0 Å². The van der Waals surface area contributed by atoms with Gasteiger partial charge in [0.2, 0.25) is 0 Å². The molecule has 5 amide bonds. The number of ether oxygens (including phenoxy) is 1. The Balaban J connectivity index is 0.000000137. The lowest BCUT2D eigenvalue weighted by molar-refractivity contribution is 0.0924. The summed E-state index contributed by atoms with van der Waals surface area (Å²) >= 11 is 0. The number of nitrogens with two attached hydrogens (primary N) is 9. The molecule has 0 saturated heterocycles. The summed E-state index contributed by atoms with van der Waals surface area (Å²) in [6.07, 6.45) is 13.7. The minimum atomic E-state index is -0.146. The molecule has 2 unspecified atom stereocenters. The lowest BCUT2D eigenvalue weighted by atomic mass is 10.0. The molecule has 18 rings (SSSR count). The van der Waals surface area contributed by atoms with Crippen molar-refractivity contribution in [1.29, 1.82) is 0 Å². The predicted molar refractivity (Wildman–Crippen MR) is 560 cm³/mol. The van der Waals surface area contributed by atoms with Gasteiger partial charge in [0, 0.05) is 123 Å². The Labute approximate surface area is 802 Å². The molecule has 5 aromatic heterocycles. The minimum Gasteiger partial charge on any atom is -0.493 e. The fourth-order valence-corrected chi connectivity index (χ4v) is 17.6. The third-order valence-electron chi connectivity index (χ3n) is 26.4. The number of rotatable bonds is 34.